The van der Waals surface area contributed by atoms with Gasteiger partial charge in [0.25, 0.3) is 0 Å². The number of aromatic hydroxyl groups is 1. The number of hydrogen-bond donors (Lipinski definition) is 1. The normalized spacial score (nSPS) is 11.0. The van der Waals surface area contributed by atoms with Crippen LogP contribution in [0.5, 0.6) is 5.75 Å². The van der Waals surface area contributed by atoms with Gasteiger partial charge in [0.2, 0.25) is 0 Å². The fourth-order valence-electron chi connectivity index (χ4n) is 1.81. The summed E-state index contributed by atoms with van der Waals surface area (Å²) in [5.74, 6) is -0.106. The van der Waals surface area contributed by atoms with Crippen molar-refractivity contribution in [2.24, 2.45) is 4.99 Å². The van der Waals surface area contributed by atoms with Crippen molar-refractivity contribution in [3.63, 3.8) is 0 Å². The number of aliphatic imine (C=N–C) groups is 1. The van der Waals surface area contributed by atoms with Gasteiger partial charge in [0.15, 0.2) is 5.78 Å². The van der Waals surface area contributed by atoms with Crippen LogP contribution in [0, 0.1) is 0 Å². The fourth-order valence-corrected chi connectivity index (χ4v) is 2.32. The largest absolute Gasteiger partial charge is 0.506 e. The van der Waals surface area contributed by atoms with Gasteiger partial charge in [-0.05, 0) is 17.7 Å². The van der Waals surface area contributed by atoms with Gasteiger partial charge in [-0.1, -0.05) is 53.5 Å². The first kappa shape index (κ1) is 15.5. The van der Waals surface area contributed by atoms with Crippen LogP contribution in [0.4, 0.5) is 0 Å². The van der Waals surface area contributed by atoms with E-state index in [1.54, 1.807) is 0 Å². The van der Waals surface area contributed by atoms with Crippen LogP contribution in [0.25, 0.3) is 0 Å². The molecule has 0 aliphatic rings. The van der Waals surface area contributed by atoms with E-state index in [4.69, 9.17) is 23.2 Å². The van der Waals surface area contributed by atoms with Crippen molar-refractivity contribution in [2.45, 2.75) is 6.42 Å². The topological polar surface area (TPSA) is 49.7 Å². The second-order valence-corrected chi connectivity index (χ2v) is 5.34. The summed E-state index contributed by atoms with van der Waals surface area (Å²) in [6.07, 6.45) is 1.73. The van der Waals surface area contributed by atoms with Crippen molar-refractivity contribution in [3.05, 3.63) is 63.6 Å². The van der Waals surface area contributed by atoms with Crippen LogP contribution in [0.15, 0.2) is 47.5 Å². The molecule has 0 aliphatic heterocycles. The quantitative estimate of drug-likeness (QED) is 0.848. The summed E-state index contributed by atoms with van der Waals surface area (Å²) in [7, 11) is 0. The molecule has 0 unspecified atom stereocenters. The number of ketones is 1. The molecular formula is C16H13Cl2NO2. The standard InChI is InChI=1S/C16H13Cl2NO2/c17-13-7-12(16(21)15(18)8-13)9-19-10-14(20)6-11-4-2-1-3-5-11/h1-5,7-9,21H,6,10H2. The molecule has 0 amide bonds. The molecule has 0 aromatic heterocycles. The molecule has 2 aromatic rings. The van der Waals surface area contributed by atoms with Gasteiger partial charge in [0.1, 0.15) is 5.75 Å². The van der Waals surface area contributed by atoms with Crippen molar-refractivity contribution in [2.75, 3.05) is 6.54 Å². The van der Waals surface area contributed by atoms with Crippen LogP contribution in [0.2, 0.25) is 10.0 Å². The lowest BCUT2D eigenvalue weighted by Crippen LogP contribution is -2.06. The first-order valence-corrected chi connectivity index (χ1v) is 7.05. The Balaban J connectivity index is 1.98. The van der Waals surface area contributed by atoms with Gasteiger partial charge in [-0.2, -0.15) is 0 Å². The van der Waals surface area contributed by atoms with Crippen molar-refractivity contribution < 1.29 is 9.90 Å². The summed E-state index contributed by atoms with van der Waals surface area (Å²) in [5.41, 5.74) is 1.34. The van der Waals surface area contributed by atoms with Gasteiger partial charge in [-0.25, -0.2) is 0 Å². The Hall–Kier alpha value is -1.84. The second-order valence-electron chi connectivity index (χ2n) is 4.50. The number of carbonyl (C=O) groups is 1. The van der Waals surface area contributed by atoms with Crippen LogP contribution in [-0.4, -0.2) is 23.6 Å². The third kappa shape index (κ3) is 4.59. The van der Waals surface area contributed by atoms with Crippen molar-refractivity contribution in [1.29, 1.82) is 0 Å². The van der Waals surface area contributed by atoms with E-state index in [1.165, 1.54) is 18.3 Å². The molecule has 0 bridgehead atoms. The van der Waals surface area contributed by atoms with E-state index in [9.17, 15) is 9.90 Å². The minimum Gasteiger partial charge on any atom is -0.506 e. The van der Waals surface area contributed by atoms with E-state index in [2.05, 4.69) is 4.99 Å². The molecule has 2 aromatic carbocycles. The van der Waals surface area contributed by atoms with Crippen LogP contribution >= 0.6 is 23.2 Å². The van der Waals surface area contributed by atoms with Crippen LogP contribution < -0.4 is 0 Å². The number of benzene rings is 2. The summed E-state index contributed by atoms with van der Waals surface area (Å²) >= 11 is 11.7. The first-order valence-electron chi connectivity index (χ1n) is 6.29. The molecule has 2 rings (SSSR count). The van der Waals surface area contributed by atoms with E-state index in [0.29, 0.717) is 17.0 Å². The molecular weight excluding hydrogens is 309 g/mol. The third-order valence-corrected chi connectivity index (χ3v) is 3.31. The van der Waals surface area contributed by atoms with Gasteiger partial charge in [-0.15, -0.1) is 0 Å². The van der Waals surface area contributed by atoms with Crippen molar-refractivity contribution >= 4 is 35.2 Å². The van der Waals surface area contributed by atoms with E-state index >= 15 is 0 Å². The molecule has 108 valence electrons. The van der Waals surface area contributed by atoms with Gasteiger partial charge in [0.05, 0.1) is 11.6 Å². The lowest BCUT2D eigenvalue weighted by atomic mass is 10.1. The molecule has 0 spiro atoms. The minimum absolute atomic E-state index is 0.00920. The maximum Gasteiger partial charge on any atom is 0.158 e. The van der Waals surface area contributed by atoms with E-state index < -0.39 is 0 Å². The van der Waals surface area contributed by atoms with Crippen LogP contribution in [0.1, 0.15) is 11.1 Å². The molecule has 0 radical (unpaired) electrons. The Morgan fingerprint density at radius 3 is 2.62 bits per heavy atom. The molecule has 3 nitrogen and oxygen atoms in total. The summed E-state index contributed by atoms with van der Waals surface area (Å²) in [5, 5.41) is 10.3. The first-order chi connectivity index (χ1) is 10.1. The van der Waals surface area contributed by atoms with Crippen LogP contribution in [0.3, 0.4) is 0 Å². The molecule has 1 N–H and O–H groups in total. The summed E-state index contributed by atoms with van der Waals surface area (Å²) < 4.78 is 0. The maximum absolute atomic E-state index is 11.8. The predicted molar refractivity (Wildman–Crippen MR) is 85.7 cm³/mol. The molecule has 0 atom stereocenters. The zero-order chi connectivity index (χ0) is 15.2. The molecule has 0 fully saturated rings. The summed E-state index contributed by atoms with van der Waals surface area (Å²) in [6, 6.07) is 12.4. The number of Topliss-reactive ketones (excluding diaryl/α,β-unsaturated/α-hetero) is 1. The fraction of sp³-hybridized carbons (Fsp3) is 0.125. The Labute approximate surface area is 132 Å². The zero-order valence-corrected chi connectivity index (χ0v) is 12.6. The molecule has 0 saturated carbocycles. The average molecular weight is 322 g/mol. The number of carbonyl (C=O) groups excluding carboxylic acids is 1. The highest BCUT2D eigenvalue weighted by Crippen LogP contribution is 2.29. The smallest absolute Gasteiger partial charge is 0.158 e. The highest BCUT2D eigenvalue weighted by atomic mass is 35.5. The molecule has 0 aliphatic carbocycles. The van der Waals surface area contributed by atoms with E-state index in [0.717, 1.165) is 5.56 Å². The molecule has 0 heterocycles. The highest BCUT2D eigenvalue weighted by molar-refractivity contribution is 6.36. The van der Waals surface area contributed by atoms with Crippen molar-refractivity contribution in [1.82, 2.24) is 0 Å². The van der Waals surface area contributed by atoms with Gasteiger partial charge < -0.3 is 5.11 Å². The average Bonchev–Trinajstić information content (AvgIpc) is 2.45. The number of phenols is 1. The number of phenolic OH excluding ortho intramolecular Hbond substituents is 1. The monoisotopic (exact) mass is 321 g/mol. The van der Waals surface area contributed by atoms with Crippen molar-refractivity contribution in [3.8, 4) is 5.75 Å². The molecule has 5 heteroatoms. The Morgan fingerprint density at radius 2 is 1.90 bits per heavy atom. The number of hydrogen-bond acceptors (Lipinski definition) is 3. The predicted octanol–water partition coefficient (Wildman–Crippen LogP) is 3.93. The van der Waals surface area contributed by atoms with Crippen LogP contribution in [-0.2, 0) is 11.2 Å². The Bertz CT molecular complexity index is 669. The SMILES string of the molecule is O=C(CN=Cc1cc(Cl)cc(Cl)c1O)Cc1ccccc1. The Kier molecular flexibility index (Phi) is 5.37. The van der Waals surface area contributed by atoms with Gasteiger partial charge in [-0.3, -0.25) is 9.79 Å². The lowest BCUT2D eigenvalue weighted by molar-refractivity contribution is -0.117. The summed E-state index contributed by atoms with van der Waals surface area (Å²) in [6.45, 7) is 0.0401. The maximum atomic E-state index is 11.8. The lowest BCUT2D eigenvalue weighted by Gasteiger charge is -2.02. The van der Waals surface area contributed by atoms with Gasteiger partial charge in [0, 0.05) is 23.2 Å². The van der Waals surface area contributed by atoms with E-state index in [1.807, 2.05) is 30.3 Å². The minimum atomic E-state index is -0.0969. The summed E-state index contributed by atoms with van der Waals surface area (Å²) in [4.78, 5) is 15.8. The number of rotatable bonds is 5. The molecule has 21 heavy (non-hydrogen) atoms. The second kappa shape index (κ2) is 7.25. The molecule has 0 saturated heterocycles. The van der Waals surface area contributed by atoms with Gasteiger partial charge >= 0.3 is 0 Å². The Morgan fingerprint density at radius 1 is 1.19 bits per heavy atom. The number of halogens is 2. The third-order valence-electron chi connectivity index (χ3n) is 2.80. The highest BCUT2D eigenvalue weighted by Gasteiger charge is 2.06. The van der Waals surface area contributed by atoms with E-state index in [-0.39, 0.29) is 23.1 Å². The number of nitrogens with zero attached hydrogens (tertiary/aromatic N) is 1. The zero-order valence-electron chi connectivity index (χ0n) is 11.1.